The lowest BCUT2D eigenvalue weighted by Gasteiger charge is -2.24. The molecule has 1 aliphatic rings. The predicted molar refractivity (Wildman–Crippen MR) is 85.0 cm³/mol. The van der Waals surface area contributed by atoms with E-state index in [1.165, 1.54) is 17.7 Å². The molecule has 1 nitrogen and oxygen atoms in total. The Bertz CT molecular complexity index is 439. The molecular formula is C18H29N. The molecule has 0 spiro atoms. The van der Waals surface area contributed by atoms with Crippen molar-refractivity contribution in [2.75, 3.05) is 11.9 Å². The van der Waals surface area contributed by atoms with Gasteiger partial charge in [0.05, 0.1) is 0 Å². The molecule has 2 atom stereocenters. The second kappa shape index (κ2) is 5.19. The Morgan fingerprint density at radius 2 is 1.89 bits per heavy atom. The molecule has 0 radical (unpaired) electrons. The van der Waals surface area contributed by atoms with E-state index < -0.39 is 0 Å². The maximum absolute atomic E-state index is 3.58. The van der Waals surface area contributed by atoms with Crippen molar-refractivity contribution in [1.29, 1.82) is 0 Å². The fourth-order valence-electron chi connectivity index (χ4n) is 3.24. The van der Waals surface area contributed by atoms with Crippen LogP contribution in [0.15, 0.2) is 18.2 Å². The SMILES string of the molecule is CC(C)CC(C)C1CNc2ccc(C(C)(C)C)cc21. The van der Waals surface area contributed by atoms with Crippen LogP contribution < -0.4 is 5.32 Å². The van der Waals surface area contributed by atoms with Gasteiger partial charge in [0.1, 0.15) is 0 Å². The number of anilines is 1. The summed E-state index contributed by atoms with van der Waals surface area (Å²) in [5.74, 6) is 2.22. The quantitative estimate of drug-likeness (QED) is 0.789. The van der Waals surface area contributed by atoms with Gasteiger partial charge in [-0.1, -0.05) is 53.7 Å². The van der Waals surface area contributed by atoms with Crippen LogP contribution >= 0.6 is 0 Å². The van der Waals surface area contributed by atoms with Gasteiger partial charge >= 0.3 is 0 Å². The molecule has 0 saturated carbocycles. The third-order valence-electron chi connectivity index (χ3n) is 4.36. The van der Waals surface area contributed by atoms with E-state index in [1.54, 1.807) is 5.56 Å². The number of rotatable bonds is 3. The molecular weight excluding hydrogens is 230 g/mol. The summed E-state index contributed by atoms with van der Waals surface area (Å²) in [5.41, 5.74) is 4.59. The number of benzene rings is 1. The lowest BCUT2D eigenvalue weighted by atomic mass is 9.80. The maximum Gasteiger partial charge on any atom is 0.0376 e. The molecule has 1 heterocycles. The molecule has 2 unspecified atom stereocenters. The van der Waals surface area contributed by atoms with Gasteiger partial charge in [0.25, 0.3) is 0 Å². The number of fused-ring (bicyclic) bond motifs is 1. The summed E-state index contributed by atoms with van der Waals surface area (Å²) in [6.45, 7) is 15.1. The van der Waals surface area contributed by atoms with Gasteiger partial charge in [-0.05, 0) is 40.9 Å². The van der Waals surface area contributed by atoms with Crippen molar-refractivity contribution < 1.29 is 0 Å². The molecule has 1 aromatic rings. The van der Waals surface area contributed by atoms with Gasteiger partial charge in [0.2, 0.25) is 0 Å². The van der Waals surface area contributed by atoms with Crippen LogP contribution in [0, 0.1) is 11.8 Å². The van der Waals surface area contributed by atoms with Crippen molar-refractivity contribution in [2.24, 2.45) is 11.8 Å². The molecule has 1 heteroatoms. The first-order valence-electron chi connectivity index (χ1n) is 7.67. The van der Waals surface area contributed by atoms with Gasteiger partial charge < -0.3 is 5.32 Å². The van der Waals surface area contributed by atoms with E-state index in [-0.39, 0.29) is 5.41 Å². The van der Waals surface area contributed by atoms with Crippen molar-refractivity contribution in [3.63, 3.8) is 0 Å². The van der Waals surface area contributed by atoms with Gasteiger partial charge in [-0.2, -0.15) is 0 Å². The molecule has 19 heavy (non-hydrogen) atoms. The van der Waals surface area contributed by atoms with Crippen LogP contribution in [-0.4, -0.2) is 6.54 Å². The zero-order chi connectivity index (χ0) is 14.2. The highest BCUT2D eigenvalue weighted by molar-refractivity contribution is 5.59. The summed E-state index contributed by atoms with van der Waals surface area (Å²) in [5, 5.41) is 3.58. The summed E-state index contributed by atoms with van der Waals surface area (Å²) >= 11 is 0. The monoisotopic (exact) mass is 259 g/mol. The van der Waals surface area contributed by atoms with Gasteiger partial charge in [-0.15, -0.1) is 0 Å². The normalized spacial score (nSPS) is 20.3. The first-order chi connectivity index (χ1) is 8.79. The zero-order valence-corrected chi connectivity index (χ0v) is 13.4. The fraction of sp³-hybridized carbons (Fsp3) is 0.667. The molecule has 0 saturated heterocycles. The molecule has 1 aliphatic heterocycles. The van der Waals surface area contributed by atoms with Gasteiger partial charge in [-0.3, -0.25) is 0 Å². The molecule has 0 bridgehead atoms. The van der Waals surface area contributed by atoms with Crippen LogP contribution in [0.2, 0.25) is 0 Å². The first-order valence-corrected chi connectivity index (χ1v) is 7.67. The van der Waals surface area contributed by atoms with Crippen molar-refractivity contribution in [2.45, 2.75) is 59.3 Å². The van der Waals surface area contributed by atoms with Crippen LogP contribution in [0.1, 0.15) is 65.0 Å². The Morgan fingerprint density at radius 1 is 1.21 bits per heavy atom. The minimum Gasteiger partial charge on any atom is -0.384 e. The van der Waals surface area contributed by atoms with Crippen LogP contribution in [0.25, 0.3) is 0 Å². The number of hydrogen-bond acceptors (Lipinski definition) is 1. The summed E-state index contributed by atoms with van der Waals surface area (Å²) in [7, 11) is 0. The van der Waals surface area contributed by atoms with Gasteiger partial charge in [0.15, 0.2) is 0 Å². The lowest BCUT2D eigenvalue weighted by Crippen LogP contribution is -2.15. The number of hydrogen-bond donors (Lipinski definition) is 1. The molecule has 2 rings (SSSR count). The number of nitrogens with one attached hydrogen (secondary N) is 1. The van der Waals surface area contributed by atoms with Crippen LogP contribution in [-0.2, 0) is 5.41 Å². The van der Waals surface area contributed by atoms with Gasteiger partial charge in [-0.25, -0.2) is 0 Å². The van der Waals surface area contributed by atoms with E-state index in [1.807, 2.05) is 0 Å². The Balaban J connectivity index is 2.27. The fourth-order valence-corrected chi connectivity index (χ4v) is 3.24. The van der Waals surface area contributed by atoms with E-state index in [9.17, 15) is 0 Å². The highest BCUT2D eigenvalue weighted by atomic mass is 14.9. The second-order valence-electron chi connectivity index (χ2n) is 7.65. The highest BCUT2D eigenvalue weighted by Crippen LogP contribution is 2.40. The summed E-state index contributed by atoms with van der Waals surface area (Å²) in [6.07, 6.45) is 1.31. The van der Waals surface area contributed by atoms with Crippen molar-refractivity contribution in [3.8, 4) is 0 Å². The van der Waals surface area contributed by atoms with E-state index in [2.05, 4.69) is 65.1 Å². The van der Waals surface area contributed by atoms with E-state index in [0.717, 1.165) is 18.4 Å². The van der Waals surface area contributed by atoms with Crippen LogP contribution in [0.3, 0.4) is 0 Å². The lowest BCUT2D eigenvalue weighted by molar-refractivity contribution is 0.388. The molecule has 1 N–H and O–H groups in total. The van der Waals surface area contributed by atoms with E-state index in [0.29, 0.717) is 5.92 Å². The third-order valence-corrected chi connectivity index (χ3v) is 4.36. The Labute approximate surface area is 118 Å². The molecule has 0 fully saturated rings. The zero-order valence-electron chi connectivity index (χ0n) is 13.4. The largest absolute Gasteiger partial charge is 0.384 e. The Hall–Kier alpha value is -0.980. The average molecular weight is 259 g/mol. The second-order valence-corrected chi connectivity index (χ2v) is 7.65. The highest BCUT2D eigenvalue weighted by Gasteiger charge is 2.28. The average Bonchev–Trinajstić information content (AvgIpc) is 2.69. The van der Waals surface area contributed by atoms with Crippen LogP contribution in [0.5, 0.6) is 0 Å². The topological polar surface area (TPSA) is 12.0 Å². The maximum atomic E-state index is 3.58. The standard InChI is InChI=1S/C18H29N/c1-12(2)9-13(3)16-11-19-17-8-7-14(10-15(16)17)18(4,5)6/h7-8,10,12-13,16,19H,9,11H2,1-6H3. The predicted octanol–water partition coefficient (Wildman–Crippen LogP) is 5.18. The first kappa shape index (κ1) is 14.4. The third kappa shape index (κ3) is 3.13. The molecule has 0 amide bonds. The van der Waals surface area contributed by atoms with Crippen molar-refractivity contribution in [1.82, 2.24) is 0 Å². The molecule has 0 aromatic heterocycles. The van der Waals surface area contributed by atoms with E-state index >= 15 is 0 Å². The van der Waals surface area contributed by atoms with Crippen molar-refractivity contribution in [3.05, 3.63) is 29.3 Å². The Morgan fingerprint density at radius 3 is 2.47 bits per heavy atom. The van der Waals surface area contributed by atoms with E-state index in [4.69, 9.17) is 0 Å². The minimum absolute atomic E-state index is 0.240. The van der Waals surface area contributed by atoms with Gasteiger partial charge in [0, 0.05) is 18.2 Å². The smallest absolute Gasteiger partial charge is 0.0376 e. The summed E-state index contributed by atoms with van der Waals surface area (Å²) in [6, 6.07) is 7.00. The molecule has 1 aromatic carbocycles. The summed E-state index contributed by atoms with van der Waals surface area (Å²) < 4.78 is 0. The Kier molecular flexibility index (Phi) is 3.94. The summed E-state index contributed by atoms with van der Waals surface area (Å²) in [4.78, 5) is 0. The van der Waals surface area contributed by atoms with Crippen LogP contribution in [0.4, 0.5) is 5.69 Å². The van der Waals surface area contributed by atoms with Crippen molar-refractivity contribution >= 4 is 5.69 Å². The molecule has 0 aliphatic carbocycles. The minimum atomic E-state index is 0.240. The molecule has 106 valence electrons.